The van der Waals surface area contributed by atoms with Gasteiger partial charge >= 0.3 is 233 Å². The van der Waals surface area contributed by atoms with Crippen molar-refractivity contribution in [1.82, 2.24) is 8.75 Å². The monoisotopic (exact) mass is 1300 g/mol. The number of nitriles is 2. The molecule has 12 aromatic rings. The van der Waals surface area contributed by atoms with Crippen molar-refractivity contribution in [3.63, 3.8) is 0 Å². The van der Waals surface area contributed by atoms with Gasteiger partial charge in [-0.3, -0.25) is 0 Å². The summed E-state index contributed by atoms with van der Waals surface area (Å²) in [6.45, 7) is 0. The van der Waals surface area contributed by atoms with E-state index in [1.807, 2.05) is 0 Å². The summed E-state index contributed by atoms with van der Waals surface area (Å²) in [7, 11) is 0. The maximum Gasteiger partial charge on any atom is 1.00 e. The number of imide groups is 4. The predicted octanol–water partition coefficient (Wildman–Crippen LogP) is -0.443. The van der Waals surface area contributed by atoms with E-state index < -0.39 is 47.3 Å². The zero-order chi connectivity index (χ0) is 49.4. The normalized spacial score (nSPS) is 14.2. The van der Waals surface area contributed by atoms with Crippen LogP contribution in [0.1, 0.15) is 94.0 Å². The Kier molecular flexibility index (Phi) is 13.4. The maximum atomic E-state index is 14.0. The average Bonchev–Trinajstić information content (AvgIpc) is 3.94. The SMILES string of the molecule is N#Cc1cc2c3c(ccc4c5c(-c6ccc(-c7cc8c9c(ccc%10c%11c(C#N)cc%12c%13c(ccc(c7c9%10)c%13%11)C(=O)[N-]C%12=O)C(=O)[N-]C8=O)c7nsnc67)cc6c7c(ccc(c1c34)c75)C(=O)[N-]C6=O)C(=O)[N-]C2=O.[Rb+].[Rb+].[Rb+].[Rb+]. The molecule has 336 valence electrons. The van der Waals surface area contributed by atoms with E-state index in [1.54, 1.807) is 72.8 Å². The molecule has 0 saturated heterocycles. The molecular weight excluding hydrogens is 1290 g/mol. The van der Waals surface area contributed by atoms with Crippen molar-refractivity contribution in [2.24, 2.45) is 0 Å². The number of hydrogen-bond donors (Lipinski definition) is 0. The summed E-state index contributed by atoms with van der Waals surface area (Å²) >= 11 is 0.890. The van der Waals surface area contributed by atoms with Gasteiger partial charge in [0.05, 0.1) is 82.3 Å². The Morgan fingerprint density at radius 2 is 0.558 bits per heavy atom. The van der Waals surface area contributed by atoms with E-state index >= 15 is 0 Å². The first kappa shape index (κ1) is 54.2. The summed E-state index contributed by atoms with van der Waals surface area (Å²) in [5.74, 6) is -6.11. The van der Waals surface area contributed by atoms with Gasteiger partial charge in [-0.2, -0.15) is 19.3 Å². The molecule has 0 spiro atoms. The summed E-state index contributed by atoms with van der Waals surface area (Å²) in [5, 5.41) is 43.4. The minimum absolute atomic E-state index is 0. The van der Waals surface area contributed by atoms with E-state index in [2.05, 4.69) is 33.4 Å². The molecule has 0 aliphatic carbocycles. The third-order valence-corrected chi connectivity index (χ3v) is 15.6. The van der Waals surface area contributed by atoms with E-state index in [0.717, 1.165) is 11.7 Å². The third-order valence-electron chi connectivity index (χ3n) is 15.1. The topological polar surface area (TPSA) is 266 Å². The molecule has 1 aromatic heterocycles. The quantitative estimate of drug-likeness (QED) is 0.121. The maximum absolute atomic E-state index is 14.0. The Labute approximate surface area is 629 Å². The van der Waals surface area contributed by atoms with Gasteiger partial charge in [-0.05, 0) is 78.5 Å². The van der Waals surface area contributed by atoms with Crippen LogP contribution in [0.4, 0.5) is 0 Å². The molecule has 11 aromatic carbocycles. The van der Waals surface area contributed by atoms with Crippen LogP contribution >= 0.6 is 11.7 Å². The van der Waals surface area contributed by atoms with Crippen molar-refractivity contribution >= 4 is 156 Å². The molecule has 21 heteroatoms. The Morgan fingerprint density at radius 1 is 0.299 bits per heavy atom. The third kappa shape index (κ3) is 6.99. The number of aromatic nitrogens is 2. The number of rotatable bonds is 2. The van der Waals surface area contributed by atoms with Gasteiger partial charge in [0, 0.05) is 98.7 Å². The van der Waals surface area contributed by atoms with Crippen molar-refractivity contribution in [2.75, 3.05) is 0 Å². The first-order valence-corrected chi connectivity index (χ1v) is 23.0. The first-order valence-electron chi connectivity index (χ1n) is 22.3. The number of hydrogen-bond acceptors (Lipinski definition) is 13. The van der Waals surface area contributed by atoms with E-state index in [0.29, 0.717) is 119 Å². The van der Waals surface area contributed by atoms with Gasteiger partial charge in [0.25, 0.3) is 0 Å². The second-order valence-electron chi connectivity index (χ2n) is 18.3. The van der Waals surface area contributed by atoms with Crippen molar-refractivity contribution in [3.05, 3.63) is 162 Å². The molecule has 0 saturated carbocycles. The van der Waals surface area contributed by atoms with Gasteiger partial charge in [0.1, 0.15) is 11.0 Å². The van der Waals surface area contributed by atoms with Crippen LogP contribution in [0, 0.1) is 22.7 Å². The Bertz CT molecular complexity index is 4820. The molecular formula is C56H14N8O8Rb4S. The zero-order valence-corrected chi connectivity index (χ0v) is 60.8. The van der Waals surface area contributed by atoms with Gasteiger partial charge in [-0.25, -0.2) is 0 Å². The second kappa shape index (κ2) is 19.1. The molecule has 0 bridgehead atoms. The first-order chi connectivity index (χ1) is 35.4. The van der Waals surface area contributed by atoms with Gasteiger partial charge < -0.3 is 59.6 Å². The number of carbonyl (C=O) groups is 8. The molecule has 0 N–H and O–H groups in total. The second-order valence-corrected chi connectivity index (χ2v) is 18.8. The molecule has 4 aliphatic heterocycles. The van der Waals surface area contributed by atoms with Crippen LogP contribution in [0.5, 0.6) is 0 Å². The summed E-state index contributed by atoms with van der Waals surface area (Å²) in [6.07, 6.45) is 0. The Morgan fingerprint density at radius 3 is 0.870 bits per heavy atom. The molecule has 0 atom stereocenters. The Hall–Kier alpha value is -3.40. The Balaban J connectivity index is 0.00000149. The fourth-order valence-electron chi connectivity index (χ4n) is 12.4. The van der Waals surface area contributed by atoms with Gasteiger partial charge in [-0.15, -0.1) is 0 Å². The molecule has 16 rings (SSSR count). The largest absolute Gasteiger partial charge is 1.00 e. The van der Waals surface area contributed by atoms with E-state index in [-0.39, 0.29) is 288 Å². The average molecular weight is 1300 g/mol. The summed E-state index contributed by atoms with van der Waals surface area (Å²) in [4.78, 5) is 109. The van der Waals surface area contributed by atoms with Crippen molar-refractivity contribution in [3.8, 4) is 34.4 Å². The number of fused-ring (bicyclic) bond motifs is 5. The fraction of sp³-hybridized carbons (Fsp3) is 0. The van der Waals surface area contributed by atoms with E-state index in [1.165, 1.54) is 12.1 Å². The number of carbonyl (C=O) groups excluding carboxylic acids is 8. The van der Waals surface area contributed by atoms with Crippen LogP contribution < -0.4 is 233 Å². The molecule has 5 heterocycles. The van der Waals surface area contributed by atoms with Crippen molar-refractivity contribution < 1.29 is 271 Å². The van der Waals surface area contributed by atoms with Crippen LogP contribution in [-0.2, 0) is 0 Å². The minimum atomic E-state index is -0.795. The summed E-state index contributed by atoms with van der Waals surface area (Å²) in [6, 6.07) is 27.2. The molecule has 0 fully saturated rings. The predicted molar refractivity (Wildman–Crippen MR) is 268 cm³/mol. The molecule has 4 aliphatic rings. The molecule has 16 nitrogen and oxygen atoms in total. The molecule has 0 radical (unpaired) electrons. The standard InChI is InChI=1S/C56H18N8O8S.4Rb/c57-15-17-11-31-39-25(49(65)59-53(31)69)9-5-23-37-29(13-33-41-27(51(67)61-55(33)71)7-3-21(45(37)41)35(17)43(23)39)19-1-2-20(48-47(19)63-73-64-48)30-14-34-42-28(52(68)62-56(34)72)8-4-22-36-18(16-58)12-32-40-26(50(66)60-54(32)70)10-6-24(44(36)40)38(30)46(22)42;;;;/h1-14H,(H4,59,60,61,62,65,66,67,68,69,70,71,72);;;;/q;4*+1/p-4. The zero-order valence-electron chi connectivity index (χ0n) is 40.3. The van der Waals surface area contributed by atoms with Crippen LogP contribution in [0.25, 0.3) is 141 Å². The number of benzene rings is 11. The molecule has 0 unspecified atom stereocenters. The van der Waals surface area contributed by atoms with Gasteiger partial charge in [0.2, 0.25) is 0 Å². The van der Waals surface area contributed by atoms with Crippen LogP contribution in [0.2, 0.25) is 0 Å². The van der Waals surface area contributed by atoms with Crippen molar-refractivity contribution in [1.29, 1.82) is 10.5 Å². The van der Waals surface area contributed by atoms with Crippen molar-refractivity contribution in [2.45, 2.75) is 0 Å². The number of amides is 8. The number of nitrogens with zero attached hydrogens (tertiary/aromatic N) is 8. The van der Waals surface area contributed by atoms with Gasteiger partial charge in [-0.1, -0.05) is 60.7 Å². The summed E-state index contributed by atoms with van der Waals surface area (Å²) in [5.41, 5.74) is 3.77. The van der Waals surface area contributed by atoms with Crippen LogP contribution in [0.15, 0.2) is 84.9 Å². The van der Waals surface area contributed by atoms with Crippen LogP contribution in [0.3, 0.4) is 0 Å². The summed E-state index contributed by atoms with van der Waals surface area (Å²) < 4.78 is 9.71. The smallest absolute Gasteiger partial charge is 0.587 e. The molecule has 8 amide bonds. The fourth-order valence-corrected chi connectivity index (χ4v) is 12.9. The van der Waals surface area contributed by atoms with Crippen LogP contribution in [-0.4, -0.2) is 56.0 Å². The van der Waals surface area contributed by atoms with E-state index in [4.69, 9.17) is 8.75 Å². The molecule has 77 heavy (non-hydrogen) atoms. The van der Waals surface area contributed by atoms with Gasteiger partial charge in [0.15, 0.2) is 0 Å². The minimum Gasteiger partial charge on any atom is -0.587 e. The van der Waals surface area contributed by atoms with E-state index in [9.17, 15) is 48.9 Å².